The Morgan fingerprint density at radius 3 is 2.78 bits per heavy atom. The average Bonchev–Trinajstić information content (AvgIpc) is 2.25. The van der Waals surface area contributed by atoms with Crippen molar-refractivity contribution in [3.63, 3.8) is 0 Å². The average molecular weight is 271 g/mol. The molecule has 0 aliphatic carbocycles. The number of carbonyl (C=O) groups is 1. The third kappa shape index (κ3) is 4.89. The summed E-state index contributed by atoms with van der Waals surface area (Å²) in [5, 5.41) is 3.12. The largest absolute Gasteiger partial charge is 0.384 e. The van der Waals surface area contributed by atoms with Crippen LogP contribution in [0.2, 0.25) is 5.15 Å². The van der Waals surface area contributed by atoms with Crippen LogP contribution in [0.5, 0.6) is 0 Å². The molecule has 18 heavy (non-hydrogen) atoms. The van der Waals surface area contributed by atoms with Crippen molar-refractivity contribution in [1.29, 1.82) is 0 Å². The third-order valence-electron chi connectivity index (χ3n) is 2.46. The lowest BCUT2D eigenvalue weighted by atomic mass is 10.2. The first-order valence-electron chi connectivity index (χ1n) is 5.77. The SMILES string of the molecule is CC(CCN(C)C)NC(=O)c1cc(N)nc(Cl)c1. The Balaban J connectivity index is 2.59. The quantitative estimate of drug-likeness (QED) is 0.793. The van der Waals surface area contributed by atoms with Crippen LogP contribution in [0.25, 0.3) is 0 Å². The highest BCUT2D eigenvalue weighted by Crippen LogP contribution is 2.12. The van der Waals surface area contributed by atoms with Crippen LogP contribution in [0, 0.1) is 0 Å². The Morgan fingerprint density at radius 2 is 2.22 bits per heavy atom. The van der Waals surface area contributed by atoms with Gasteiger partial charge in [0.2, 0.25) is 0 Å². The van der Waals surface area contributed by atoms with Crippen molar-refractivity contribution < 1.29 is 4.79 Å². The summed E-state index contributed by atoms with van der Waals surface area (Å²) < 4.78 is 0. The molecule has 0 aliphatic rings. The molecule has 3 N–H and O–H groups in total. The lowest BCUT2D eigenvalue weighted by Gasteiger charge is -2.16. The molecule has 5 nitrogen and oxygen atoms in total. The minimum Gasteiger partial charge on any atom is -0.384 e. The summed E-state index contributed by atoms with van der Waals surface area (Å²) >= 11 is 5.76. The number of nitrogen functional groups attached to an aromatic ring is 1. The van der Waals surface area contributed by atoms with Crippen molar-refractivity contribution in [2.24, 2.45) is 0 Å². The van der Waals surface area contributed by atoms with Crippen molar-refractivity contribution >= 4 is 23.3 Å². The number of rotatable bonds is 5. The minimum atomic E-state index is -0.183. The Kier molecular flexibility index (Phi) is 5.37. The summed E-state index contributed by atoms with van der Waals surface area (Å²) in [5.41, 5.74) is 5.98. The van der Waals surface area contributed by atoms with E-state index in [0.29, 0.717) is 5.56 Å². The smallest absolute Gasteiger partial charge is 0.251 e. The number of amides is 1. The highest BCUT2D eigenvalue weighted by atomic mass is 35.5. The molecule has 0 aliphatic heterocycles. The fourth-order valence-corrected chi connectivity index (χ4v) is 1.69. The summed E-state index contributed by atoms with van der Waals surface area (Å²) in [6.45, 7) is 2.88. The van der Waals surface area contributed by atoms with E-state index in [1.54, 1.807) is 0 Å². The minimum absolute atomic E-state index is 0.0908. The van der Waals surface area contributed by atoms with Crippen molar-refractivity contribution in [1.82, 2.24) is 15.2 Å². The maximum Gasteiger partial charge on any atom is 0.251 e. The van der Waals surface area contributed by atoms with Gasteiger partial charge in [-0.15, -0.1) is 0 Å². The number of pyridine rings is 1. The van der Waals surface area contributed by atoms with Gasteiger partial charge in [-0.2, -0.15) is 0 Å². The standard InChI is InChI=1S/C12H19ClN4O/c1-8(4-5-17(2)3)15-12(18)9-6-10(13)16-11(14)7-9/h6-8H,4-5H2,1-3H3,(H2,14,16)(H,15,18). The fourth-order valence-electron chi connectivity index (χ4n) is 1.48. The fraction of sp³-hybridized carbons (Fsp3) is 0.500. The van der Waals surface area contributed by atoms with E-state index in [-0.39, 0.29) is 22.9 Å². The molecule has 1 heterocycles. The molecule has 1 aromatic rings. The van der Waals surface area contributed by atoms with Gasteiger partial charge in [0.05, 0.1) is 0 Å². The van der Waals surface area contributed by atoms with Crippen molar-refractivity contribution in [2.45, 2.75) is 19.4 Å². The Hall–Kier alpha value is -1.33. The zero-order valence-electron chi connectivity index (χ0n) is 10.9. The van der Waals surface area contributed by atoms with Gasteiger partial charge < -0.3 is 16.0 Å². The van der Waals surface area contributed by atoms with Gasteiger partial charge in [0.15, 0.2) is 0 Å². The van der Waals surface area contributed by atoms with E-state index in [0.717, 1.165) is 13.0 Å². The zero-order chi connectivity index (χ0) is 13.7. The van der Waals surface area contributed by atoms with E-state index in [1.165, 1.54) is 12.1 Å². The molecule has 0 aromatic carbocycles. The van der Waals surface area contributed by atoms with Gasteiger partial charge in [-0.25, -0.2) is 4.98 Å². The van der Waals surface area contributed by atoms with Crippen LogP contribution in [-0.2, 0) is 0 Å². The molecule has 1 unspecified atom stereocenters. The maximum atomic E-state index is 11.9. The van der Waals surface area contributed by atoms with Gasteiger partial charge in [0.25, 0.3) is 5.91 Å². The first-order chi connectivity index (χ1) is 8.38. The van der Waals surface area contributed by atoms with E-state index in [1.807, 2.05) is 21.0 Å². The van der Waals surface area contributed by atoms with Crippen LogP contribution in [0.4, 0.5) is 5.82 Å². The number of hydrogen-bond donors (Lipinski definition) is 2. The van der Waals surface area contributed by atoms with E-state index in [2.05, 4.69) is 15.2 Å². The lowest BCUT2D eigenvalue weighted by Crippen LogP contribution is -2.34. The lowest BCUT2D eigenvalue weighted by molar-refractivity contribution is 0.0936. The van der Waals surface area contributed by atoms with Gasteiger partial charge in [-0.05, 0) is 46.1 Å². The van der Waals surface area contributed by atoms with E-state index < -0.39 is 0 Å². The number of anilines is 1. The van der Waals surface area contributed by atoms with Crippen LogP contribution in [-0.4, -0.2) is 42.5 Å². The molecule has 1 aromatic heterocycles. The summed E-state index contributed by atoms with van der Waals surface area (Å²) in [7, 11) is 4.00. The maximum absolute atomic E-state index is 11.9. The Morgan fingerprint density at radius 1 is 1.56 bits per heavy atom. The third-order valence-corrected chi connectivity index (χ3v) is 2.66. The Labute approximate surface area is 112 Å². The number of aromatic nitrogens is 1. The normalized spacial score (nSPS) is 12.5. The van der Waals surface area contributed by atoms with Crippen LogP contribution in [0.3, 0.4) is 0 Å². The van der Waals surface area contributed by atoms with Crippen LogP contribution in [0.15, 0.2) is 12.1 Å². The zero-order valence-corrected chi connectivity index (χ0v) is 11.7. The molecule has 0 bridgehead atoms. The molecule has 1 rings (SSSR count). The first-order valence-corrected chi connectivity index (χ1v) is 6.15. The number of hydrogen-bond acceptors (Lipinski definition) is 4. The van der Waals surface area contributed by atoms with E-state index in [4.69, 9.17) is 17.3 Å². The summed E-state index contributed by atoms with van der Waals surface area (Å²) in [6, 6.07) is 3.11. The molecule has 0 saturated carbocycles. The molecule has 6 heteroatoms. The summed E-state index contributed by atoms with van der Waals surface area (Å²) in [6.07, 6.45) is 0.882. The topological polar surface area (TPSA) is 71.2 Å². The highest BCUT2D eigenvalue weighted by molar-refractivity contribution is 6.29. The van der Waals surface area contributed by atoms with Crippen molar-refractivity contribution in [3.05, 3.63) is 22.8 Å². The molecule has 0 fully saturated rings. The van der Waals surface area contributed by atoms with Crippen LogP contribution in [0.1, 0.15) is 23.7 Å². The summed E-state index contributed by atoms with van der Waals surface area (Å²) in [4.78, 5) is 17.8. The van der Waals surface area contributed by atoms with Crippen LogP contribution < -0.4 is 11.1 Å². The van der Waals surface area contributed by atoms with Gasteiger partial charge >= 0.3 is 0 Å². The van der Waals surface area contributed by atoms with Crippen molar-refractivity contribution in [3.8, 4) is 0 Å². The number of nitrogens with two attached hydrogens (primary N) is 1. The number of halogens is 1. The molecule has 0 saturated heterocycles. The predicted molar refractivity (Wildman–Crippen MR) is 73.8 cm³/mol. The molecular formula is C12H19ClN4O. The Bertz CT molecular complexity index is 402. The van der Waals surface area contributed by atoms with E-state index >= 15 is 0 Å². The summed E-state index contributed by atoms with van der Waals surface area (Å²) in [5.74, 6) is 0.0610. The molecule has 0 spiro atoms. The number of nitrogens with zero attached hydrogens (tertiary/aromatic N) is 2. The molecular weight excluding hydrogens is 252 g/mol. The molecule has 0 radical (unpaired) electrons. The second-order valence-corrected chi connectivity index (χ2v) is 4.96. The predicted octanol–water partition coefficient (Wildman–Crippen LogP) is 1.39. The van der Waals surface area contributed by atoms with Crippen molar-refractivity contribution in [2.75, 3.05) is 26.4 Å². The van der Waals surface area contributed by atoms with Gasteiger partial charge in [0.1, 0.15) is 11.0 Å². The molecule has 1 amide bonds. The van der Waals surface area contributed by atoms with Gasteiger partial charge in [-0.1, -0.05) is 11.6 Å². The second-order valence-electron chi connectivity index (χ2n) is 4.57. The number of nitrogens with one attached hydrogen (secondary N) is 1. The monoisotopic (exact) mass is 270 g/mol. The molecule has 1 atom stereocenters. The molecule has 100 valence electrons. The van der Waals surface area contributed by atoms with E-state index in [9.17, 15) is 4.79 Å². The highest BCUT2D eigenvalue weighted by Gasteiger charge is 2.11. The number of carbonyl (C=O) groups excluding carboxylic acids is 1. The van der Waals surface area contributed by atoms with Gasteiger partial charge in [-0.3, -0.25) is 4.79 Å². The van der Waals surface area contributed by atoms with Crippen LogP contribution >= 0.6 is 11.6 Å². The second kappa shape index (κ2) is 6.56. The van der Waals surface area contributed by atoms with Gasteiger partial charge in [0, 0.05) is 11.6 Å². The first kappa shape index (κ1) is 14.7.